The third-order valence-corrected chi connectivity index (χ3v) is 3.55. The van der Waals surface area contributed by atoms with Crippen molar-refractivity contribution in [3.63, 3.8) is 0 Å². The Kier molecular flexibility index (Phi) is 5.94. The number of benzene rings is 1. The highest BCUT2D eigenvalue weighted by Gasteiger charge is 2.09. The summed E-state index contributed by atoms with van der Waals surface area (Å²) >= 11 is 5.99. The van der Waals surface area contributed by atoms with Gasteiger partial charge in [-0.1, -0.05) is 17.7 Å². The summed E-state index contributed by atoms with van der Waals surface area (Å²) in [6, 6.07) is 8.91. The van der Waals surface area contributed by atoms with Gasteiger partial charge < -0.3 is 10.3 Å². The molecule has 0 unspecified atom stereocenters. The van der Waals surface area contributed by atoms with Crippen LogP contribution >= 0.6 is 11.6 Å². The van der Waals surface area contributed by atoms with E-state index >= 15 is 0 Å². The molecule has 2 rings (SSSR count). The maximum absolute atomic E-state index is 11.9. The summed E-state index contributed by atoms with van der Waals surface area (Å²) in [5.41, 5.74) is 4.59. The summed E-state index contributed by atoms with van der Waals surface area (Å²) < 4.78 is 0. The zero-order valence-electron chi connectivity index (χ0n) is 12.6. The summed E-state index contributed by atoms with van der Waals surface area (Å²) in [5.74, 6) is -0.579. The maximum atomic E-state index is 11.9. The minimum absolute atomic E-state index is 0.0491. The van der Waals surface area contributed by atoms with E-state index in [2.05, 4.69) is 20.8 Å². The number of hydrazone groups is 1. The fourth-order valence-electron chi connectivity index (χ4n) is 1.84. The standard InChI is InChI=1S/C16H17ClN4O2/c1-11-13(17)5-2-6-14(11)20-15(22)7-8-16(23)21-19-10-12-4-3-9-18-12/h2-6,9-10,18H,7-8H2,1H3,(H,20,22)(H,21,23). The van der Waals surface area contributed by atoms with Crippen molar-refractivity contribution < 1.29 is 9.59 Å². The molecule has 0 fully saturated rings. The second kappa shape index (κ2) is 8.14. The molecular weight excluding hydrogens is 316 g/mol. The van der Waals surface area contributed by atoms with E-state index in [1.54, 1.807) is 24.4 Å². The second-order valence-electron chi connectivity index (χ2n) is 4.88. The van der Waals surface area contributed by atoms with Gasteiger partial charge >= 0.3 is 0 Å². The van der Waals surface area contributed by atoms with Crippen LogP contribution in [0.25, 0.3) is 0 Å². The molecule has 3 N–H and O–H groups in total. The molecule has 0 radical (unpaired) electrons. The quantitative estimate of drug-likeness (QED) is 0.561. The van der Waals surface area contributed by atoms with E-state index in [1.807, 2.05) is 19.1 Å². The Balaban J connectivity index is 1.75. The maximum Gasteiger partial charge on any atom is 0.240 e. The van der Waals surface area contributed by atoms with Gasteiger partial charge in [0.2, 0.25) is 11.8 Å². The van der Waals surface area contributed by atoms with E-state index in [1.165, 1.54) is 6.21 Å². The van der Waals surface area contributed by atoms with Crippen molar-refractivity contribution in [2.24, 2.45) is 5.10 Å². The average molecular weight is 333 g/mol. The number of hydrogen-bond donors (Lipinski definition) is 3. The highest BCUT2D eigenvalue weighted by Crippen LogP contribution is 2.22. The van der Waals surface area contributed by atoms with Gasteiger partial charge in [0.1, 0.15) is 0 Å². The third kappa shape index (κ3) is 5.27. The molecule has 0 spiro atoms. The van der Waals surface area contributed by atoms with Crippen molar-refractivity contribution in [2.75, 3.05) is 5.32 Å². The lowest BCUT2D eigenvalue weighted by Crippen LogP contribution is -2.20. The van der Waals surface area contributed by atoms with Crippen LogP contribution in [0.3, 0.4) is 0 Å². The Labute approximate surface area is 138 Å². The molecule has 0 aliphatic heterocycles. The van der Waals surface area contributed by atoms with Crippen molar-refractivity contribution in [1.29, 1.82) is 0 Å². The Morgan fingerprint density at radius 1 is 1.22 bits per heavy atom. The Bertz CT molecular complexity index is 711. The van der Waals surface area contributed by atoms with Crippen LogP contribution in [0.15, 0.2) is 41.6 Å². The number of H-pyrrole nitrogens is 1. The minimum Gasteiger partial charge on any atom is -0.360 e. The van der Waals surface area contributed by atoms with E-state index in [-0.39, 0.29) is 24.7 Å². The minimum atomic E-state index is -0.328. The van der Waals surface area contributed by atoms with Crippen LogP contribution in [0.1, 0.15) is 24.1 Å². The van der Waals surface area contributed by atoms with E-state index in [9.17, 15) is 9.59 Å². The van der Waals surface area contributed by atoms with Gasteiger partial charge in [-0.05, 0) is 36.8 Å². The number of halogens is 1. The number of carbonyl (C=O) groups is 2. The first-order valence-electron chi connectivity index (χ1n) is 7.06. The van der Waals surface area contributed by atoms with E-state index in [0.29, 0.717) is 10.7 Å². The molecule has 2 aromatic rings. The highest BCUT2D eigenvalue weighted by molar-refractivity contribution is 6.31. The van der Waals surface area contributed by atoms with Gasteiger partial charge in [0, 0.05) is 29.7 Å². The van der Waals surface area contributed by atoms with Gasteiger partial charge in [0.15, 0.2) is 0 Å². The van der Waals surface area contributed by atoms with Crippen molar-refractivity contribution >= 4 is 35.3 Å². The lowest BCUT2D eigenvalue weighted by molar-refractivity contribution is -0.124. The fourth-order valence-corrected chi connectivity index (χ4v) is 2.01. The average Bonchev–Trinajstić information content (AvgIpc) is 3.03. The number of amides is 2. The predicted molar refractivity (Wildman–Crippen MR) is 90.6 cm³/mol. The number of aromatic nitrogens is 1. The van der Waals surface area contributed by atoms with Crippen LogP contribution in [0.4, 0.5) is 5.69 Å². The number of nitrogens with zero attached hydrogens (tertiary/aromatic N) is 1. The van der Waals surface area contributed by atoms with Crippen molar-refractivity contribution in [1.82, 2.24) is 10.4 Å². The van der Waals surface area contributed by atoms with Crippen LogP contribution in [0.5, 0.6) is 0 Å². The normalized spacial score (nSPS) is 10.7. The molecule has 1 heterocycles. The van der Waals surface area contributed by atoms with Gasteiger partial charge in [0.25, 0.3) is 0 Å². The summed E-state index contributed by atoms with van der Waals surface area (Å²) in [7, 11) is 0. The van der Waals surface area contributed by atoms with Gasteiger partial charge in [-0.15, -0.1) is 0 Å². The van der Waals surface area contributed by atoms with Crippen LogP contribution in [-0.2, 0) is 9.59 Å². The van der Waals surface area contributed by atoms with Crippen LogP contribution in [-0.4, -0.2) is 23.0 Å². The summed E-state index contributed by atoms with van der Waals surface area (Å²) in [6.45, 7) is 1.82. The molecule has 0 aliphatic carbocycles. The van der Waals surface area contributed by atoms with Gasteiger partial charge in [-0.3, -0.25) is 9.59 Å². The predicted octanol–water partition coefficient (Wildman–Crippen LogP) is 2.85. The molecule has 1 aromatic carbocycles. The summed E-state index contributed by atoms with van der Waals surface area (Å²) in [5, 5.41) is 7.12. The largest absolute Gasteiger partial charge is 0.360 e. The lowest BCUT2D eigenvalue weighted by Gasteiger charge is -2.09. The molecule has 23 heavy (non-hydrogen) atoms. The third-order valence-electron chi connectivity index (χ3n) is 3.14. The smallest absolute Gasteiger partial charge is 0.240 e. The van der Waals surface area contributed by atoms with E-state index in [4.69, 9.17) is 11.6 Å². The zero-order chi connectivity index (χ0) is 16.7. The fraction of sp³-hybridized carbons (Fsp3) is 0.188. The molecule has 2 amide bonds. The number of nitrogens with one attached hydrogen (secondary N) is 3. The molecule has 7 heteroatoms. The van der Waals surface area contributed by atoms with Crippen molar-refractivity contribution in [2.45, 2.75) is 19.8 Å². The molecule has 0 bridgehead atoms. The van der Waals surface area contributed by atoms with E-state index < -0.39 is 0 Å². The number of hydrogen-bond acceptors (Lipinski definition) is 3. The van der Waals surface area contributed by atoms with Gasteiger partial charge in [-0.2, -0.15) is 5.10 Å². The van der Waals surface area contributed by atoms with Crippen molar-refractivity contribution in [3.05, 3.63) is 52.8 Å². The molecule has 6 nitrogen and oxygen atoms in total. The molecular formula is C16H17ClN4O2. The number of anilines is 1. The number of rotatable bonds is 6. The first-order chi connectivity index (χ1) is 11.1. The number of carbonyl (C=O) groups excluding carboxylic acids is 2. The molecule has 0 saturated carbocycles. The Morgan fingerprint density at radius 2 is 2.00 bits per heavy atom. The molecule has 120 valence electrons. The summed E-state index contributed by atoms with van der Waals surface area (Å²) in [4.78, 5) is 26.4. The summed E-state index contributed by atoms with van der Waals surface area (Å²) in [6.07, 6.45) is 3.36. The van der Waals surface area contributed by atoms with Crippen LogP contribution in [0.2, 0.25) is 5.02 Å². The molecule has 0 saturated heterocycles. The van der Waals surface area contributed by atoms with E-state index in [0.717, 1.165) is 11.3 Å². The van der Waals surface area contributed by atoms with Gasteiger partial charge in [-0.25, -0.2) is 5.43 Å². The Hall–Kier alpha value is -2.60. The molecule has 0 atom stereocenters. The topological polar surface area (TPSA) is 86.3 Å². The Morgan fingerprint density at radius 3 is 2.74 bits per heavy atom. The monoisotopic (exact) mass is 332 g/mol. The molecule has 1 aromatic heterocycles. The lowest BCUT2D eigenvalue weighted by atomic mass is 10.2. The highest BCUT2D eigenvalue weighted by atomic mass is 35.5. The molecule has 0 aliphatic rings. The second-order valence-corrected chi connectivity index (χ2v) is 5.29. The first kappa shape index (κ1) is 16.8. The number of aromatic amines is 1. The van der Waals surface area contributed by atoms with Crippen LogP contribution in [0, 0.1) is 6.92 Å². The van der Waals surface area contributed by atoms with Crippen molar-refractivity contribution in [3.8, 4) is 0 Å². The van der Waals surface area contributed by atoms with Crippen LogP contribution < -0.4 is 10.7 Å². The first-order valence-corrected chi connectivity index (χ1v) is 7.44. The van der Waals surface area contributed by atoms with Gasteiger partial charge in [0.05, 0.1) is 11.9 Å². The SMILES string of the molecule is Cc1c(Cl)cccc1NC(=O)CCC(=O)NN=Cc1ccc[nH]1. The zero-order valence-corrected chi connectivity index (χ0v) is 13.4.